The van der Waals surface area contributed by atoms with E-state index in [2.05, 4.69) is 0 Å². The number of benzene rings is 1. The summed E-state index contributed by atoms with van der Waals surface area (Å²) in [6, 6.07) is 4.31. The van der Waals surface area contributed by atoms with Crippen LogP contribution in [-0.2, 0) is 10.1 Å². The first-order valence-electron chi connectivity index (χ1n) is 3.41. The lowest BCUT2D eigenvalue weighted by molar-refractivity contribution is 0.353. The van der Waals surface area contributed by atoms with Crippen LogP contribution in [0, 0.1) is 0 Å². The molecule has 1 rings (SSSR count). The van der Waals surface area contributed by atoms with Gasteiger partial charge in [0.1, 0.15) is 5.75 Å². The molecule has 0 saturated carbocycles. The molecule has 1 aromatic carbocycles. The largest absolute Gasteiger partial charge is 0.474 e. The van der Waals surface area contributed by atoms with E-state index in [0.717, 1.165) is 0 Å². The van der Waals surface area contributed by atoms with Crippen LogP contribution >= 0.6 is 23.2 Å². The summed E-state index contributed by atoms with van der Waals surface area (Å²) < 4.78 is 33.8. The average Bonchev–Trinajstić information content (AvgIpc) is 2.00. The molecule has 0 radical (unpaired) electrons. The van der Waals surface area contributed by atoms with Gasteiger partial charge in [0.15, 0.2) is 0 Å². The van der Waals surface area contributed by atoms with Crippen molar-refractivity contribution in [3.8, 4) is 5.75 Å². The highest BCUT2D eigenvalue weighted by Gasteiger charge is 2.08. The normalized spacial score (nSPS) is 11.4. The van der Waals surface area contributed by atoms with E-state index in [9.17, 15) is 8.42 Å². The maximum atomic E-state index is 10.3. The van der Waals surface area contributed by atoms with Crippen LogP contribution in [0.5, 0.6) is 5.75 Å². The fourth-order valence-corrected chi connectivity index (χ4v) is 1.47. The van der Waals surface area contributed by atoms with Crippen LogP contribution in [-0.4, -0.2) is 18.9 Å². The third kappa shape index (κ3) is 3.71. The van der Waals surface area contributed by atoms with Gasteiger partial charge < -0.3 is 4.74 Å². The lowest BCUT2D eigenvalue weighted by Gasteiger charge is -2.05. The van der Waals surface area contributed by atoms with Gasteiger partial charge in [-0.1, -0.05) is 23.2 Å². The summed E-state index contributed by atoms with van der Waals surface area (Å²) in [6.45, 7) is 0. The Bertz CT molecular complexity index is 429. The number of rotatable bonds is 3. The van der Waals surface area contributed by atoms with E-state index in [1.165, 1.54) is 18.2 Å². The lowest BCUT2D eigenvalue weighted by atomic mass is 10.3. The predicted octanol–water partition coefficient (Wildman–Crippen LogP) is 2.22. The van der Waals surface area contributed by atoms with Crippen molar-refractivity contribution < 1.29 is 17.7 Å². The van der Waals surface area contributed by atoms with Crippen molar-refractivity contribution in [2.75, 3.05) is 5.94 Å². The van der Waals surface area contributed by atoms with E-state index in [1.807, 2.05) is 0 Å². The predicted molar refractivity (Wildman–Crippen MR) is 53.5 cm³/mol. The fraction of sp³-hybridized carbons (Fsp3) is 0.143. The van der Waals surface area contributed by atoms with Crippen molar-refractivity contribution in [1.29, 1.82) is 0 Å². The SMILES string of the molecule is O=S(=O)(O)COc1ccc(Cl)cc1Cl. The third-order valence-corrected chi connectivity index (χ3v) is 2.20. The van der Waals surface area contributed by atoms with Gasteiger partial charge in [-0.15, -0.1) is 0 Å². The van der Waals surface area contributed by atoms with Gasteiger partial charge in [0.05, 0.1) is 5.02 Å². The Morgan fingerprint density at radius 1 is 1.36 bits per heavy atom. The van der Waals surface area contributed by atoms with Gasteiger partial charge >= 0.3 is 10.1 Å². The minimum absolute atomic E-state index is 0.147. The molecule has 1 N–H and O–H groups in total. The standard InChI is InChI=1S/C7H6Cl2O4S/c8-5-1-2-7(6(9)3-5)13-4-14(10,11)12/h1-3H,4H2,(H,10,11,12). The number of halogens is 2. The lowest BCUT2D eigenvalue weighted by Crippen LogP contribution is -2.10. The molecule has 78 valence electrons. The Balaban J connectivity index is 2.78. The van der Waals surface area contributed by atoms with Crippen molar-refractivity contribution in [3.63, 3.8) is 0 Å². The van der Waals surface area contributed by atoms with Crippen molar-refractivity contribution in [2.24, 2.45) is 0 Å². The van der Waals surface area contributed by atoms with E-state index in [0.29, 0.717) is 5.02 Å². The molecule has 0 heterocycles. The van der Waals surface area contributed by atoms with E-state index in [4.69, 9.17) is 32.5 Å². The second-order valence-corrected chi connectivity index (χ2v) is 4.66. The quantitative estimate of drug-likeness (QED) is 0.843. The van der Waals surface area contributed by atoms with Crippen molar-refractivity contribution in [2.45, 2.75) is 0 Å². The molecule has 0 aliphatic carbocycles. The maximum absolute atomic E-state index is 10.3. The first-order valence-corrected chi connectivity index (χ1v) is 5.78. The van der Waals surface area contributed by atoms with E-state index in [-0.39, 0.29) is 10.8 Å². The Morgan fingerprint density at radius 2 is 2.00 bits per heavy atom. The summed E-state index contributed by atoms with van der Waals surface area (Å²) in [6.07, 6.45) is 0. The van der Waals surface area contributed by atoms with Crippen molar-refractivity contribution in [3.05, 3.63) is 28.2 Å². The van der Waals surface area contributed by atoms with Gasteiger partial charge in [0, 0.05) is 5.02 Å². The number of hydrogen-bond acceptors (Lipinski definition) is 3. The van der Waals surface area contributed by atoms with Crippen LogP contribution in [0.2, 0.25) is 10.0 Å². The average molecular weight is 257 g/mol. The zero-order chi connectivity index (χ0) is 10.8. The zero-order valence-corrected chi connectivity index (χ0v) is 9.10. The molecule has 0 unspecified atom stereocenters. The number of ether oxygens (including phenoxy) is 1. The highest BCUT2D eigenvalue weighted by atomic mass is 35.5. The summed E-state index contributed by atoms with van der Waals surface area (Å²) in [5.41, 5.74) is 0. The van der Waals surface area contributed by atoms with Crippen LogP contribution < -0.4 is 4.74 Å². The Labute approximate surface area is 91.1 Å². The van der Waals surface area contributed by atoms with Crippen molar-refractivity contribution >= 4 is 33.3 Å². The van der Waals surface area contributed by atoms with Gasteiger partial charge in [-0.25, -0.2) is 0 Å². The molecule has 0 atom stereocenters. The van der Waals surface area contributed by atoms with E-state index < -0.39 is 16.1 Å². The van der Waals surface area contributed by atoms with Crippen LogP contribution in [0.3, 0.4) is 0 Å². The Morgan fingerprint density at radius 3 is 2.50 bits per heavy atom. The Hall–Kier alpha value is -0.490. The topological polar surface area (TPSA) is 63.6 Å². The number of hydrogen-bond donors (Lipinski definition) is 1. The molecule has 1 aromatic rings. The third-order valence-electron chi connectivity index (χ3n) is 1.26. The van der Waals surface area contributed by atoms with Crippen LogP contribution in [0.4, 0.5) is 0 Å². The molecule has 0 saturated heterocycles. The highest BCUT2D eigenvalue weighted by molar-refractivity contribution is 7.85. The van der Waals surface area contributed by atoms with Gasteiger partial charge in [-0.05, 0) is 18.2 Å². The van der Waals surface area contributed by atoms with Crippen LogP contribution in [0.25, 0.3) is 0 Å². The first kappa shape index (κ1) is 11.6. The molecule has 4 nitrogen and oxygen atoms in total. The molecular weight excluding hydrogens is 251 g/mol. The first-order chi connectivity index (χ1) is 6.38. The molecule has 0 bridgehead atoms. The Kier molecular flexibility index (Phi) is 3.60. The fourth-order valence-electron chi connectivity index (χ4n) is 0.730. The minimum atomic E-state index is -4.16. The summed E-state index contributed by atoms with van der Waals surface area (Å²) in [7, 11) is -4.16. The summed E-state index contributed by atoms with van der Waals surface area (Å²) in [5.74, 6) is -0.692. The zero-order valence-electron chi connectivity index (χ0n) is 6.78. The molecule has 0 amide bonds. The van der Waals surface area contributed by atoms with Crippen LogP contribution in [0.1, 0.15) is 0 Å². The minimum Gasteiger partial charge on any atom is -0.474 e. The van der Waals surface area contributed by atoms with Crippen LogP contribution in [0.15, 0.2) is 18.2 Å². The monoisotopic (exact) mass is 256 g/mol. The molecule has 7 heteroatoms. The molecular formula is C7H6Cl2O4S. The van der Waals surface area contributed by atoms with Crippen molar-refractivity contribution in [1.82, 2.24) is 0 Å². The van der Waals surface area contributed by atoms with E-state index in [1.54, 1.807) is 0 Å². The summed E-state index contributed by atoms with van der Waals surface area (Å²) in [4.78, 5) is 0. The molecule has 0 aliphatic heterocycles. The maximum Gasteiger partial charge on any atom is 0.300 e. The smallest absolute Gasteiger partial charge is 0.300 e. The van der Waals surface area contributed by atoms with Gasteiger partial charge in [-0.2, -0.15) is 8.42 Å². The summed E-state index contributed by atoms with van der Waals surface area (Å²) in [5, 5.41) is 0.593. The molecule has 0 fully saturated rings. The molecule has 0 aromatic heterocycles. The second kappa shape index (κ2) is 4.35. The summed E-state index contributed by atoms with van der Waals surface area (Å²) >= 11 is 11.3. The van der Waals surface area contributed by atoms with Gasteiger partial charge in [0.2, 0.25) is 5.94 Å². The highest BCUT2D eigenvalue weighted by Crippen LogP contribution is 2.27. The second-order valence-electron chi connectivity index (χ2n) is 2.42. The molecule has 0 spiro atoms. The van der Waals surface area contributed by atoms with Gasteiger partial charge in [0.25, 0.3) is 0 Å². The molecule has 14 heavy (non-hydrogen) atoms. The van der Waals surface area contributed by atoms with E-state index >= 15 is 0 Å². The van der Waals surface area contributed by atoms with Gasteiger partial charge in [-0.3, -0.25) is 4.55 Å². The molecule has 0 aliphatic rings.